The predicted octanol–water partition coefficient (Wildman–Crippen LogP) is 3.39. The molecule has 0 aliphatic heterocycles. The van der Waals surface area contributed by atoms with Crippen LogP contribution < -0.4 is 10.1 Å². The summed E-state index contributed by atoms with van der Waals surface area (Å²) in [6, 6.07) is 8.48. The maximum atomic E-state index is 5.36. The third-order valence-corrected chi connectivity index (χ3v) is 2.54. The van der Waals surface area contributed by atoms with Crippen LogP contribution in [0.15, 0.2) is 24.3 Å². The molecule has 0 saturated carbocycles. The molecule has 0 aliphatic rings. The number of ether oxygens (including phenoxy) is 1. The van der Waals surface area contributed by atoms with Crippen molar-refractivity contribution in [3.05, 3.63) is 29.8 Å². The molecule has 0 fully saturated rings. The van der Waals surface area contributed by atoms with Crippen LogP contribution in [0.2, 0.25) is 0 Å². The van der Waals surface area contributed by atoms with Gasteiger partial charge < -0.3 is 10.1 Å². The van der Waals surface area contributed by atoms with Crippen LogP contribution in [-0.4, -0.2) is 13.7 Å². The molecule has 1 aromatic carbocycles. The van der Waals surface area contributed by atoms with E-state index < -0.39 is 0 Å². The van der Waals surface area contributed by atoms with Crippen molar-refractivity contribution in [2.75, 3.05) is 13.7 Å². The summed E-state index contributed by atoms with van der Waals surface area (Å²) in [6.45, 7) is 9.86. The first kappa shape index (κ1) is 13.0. The monoisotopic (exact) mass is 221 g/mol. The standard InChI is InChI=1S/C14H23NO/c1-11(15-10-14(2,3)4)12-8-6-7-9-13(12)16-5/h6-9,11,15H,10H2,1-5H3/t11-/m1/s1. The molecule has 1 rings (SSSR count). The van der Waals surface area contributed by atoms with Crippen LogP contribution in [0.3, 0.4) is 0 Å². The molecule has 0 spiro atoms. The van der Waals surface area contributed by atoms with Crippen LogP contribution in [0.5, 0.6) is 5.75 Å². The fraction of sp³-hybridized carbons (Fsp3) is 0.571. The Kier molecular flexibility index (Phi) is 4.36. The van der Waals surface area contributed by atoms with Crippen molar-refractivity contribution in [2.24, 2.45) is 5.41 Å². The molecule has 0 saturated heterocycles. The Morgan fingerprint density at radius 2 is 1.88 bits per heavy atom. The number of hydrogen-bond acceptors (Lipinski definition) is 2. The second-order valence-corrected chi connectivity index (χ2v) is 5.41. The fourth-order valence-corrected chi connectivity index (χ4v) is 1.59. The molecule has 0 aromatic heterocycles. The lowest BCUT2D eigenvalue weighted by Crippen LogP contribution is -2.29. The van der Waals surface area contributed by atoms with Gasteiger partial charge in [0.2, 0.25) is 0 Å². The Balaban J connectivity index is 2.69. The first-order valence-electron chi connectivity index (χ1n) is 5.80. The van der Waals surface area contributed by atoms with E-state index in [-0.39, 0.29) is 0 Å². The summed E-state index contributed by atoms with van der Waals surface area (Å²) in [4.78, 5) is 0. The molecule has 16 heavy (non-hydrogen) atoms. The number of para-hydroxylation sites is 1. The van der Waals surface area contributed by atoms with E-state index in [0.717, 1.165) is 12.3 Å². The Morgan fingerprint density at radius 3 is 2.44 bits per heavy atom. The highest BCUT2D eigenvalue weighted by Crippen LogP contribution is 2.25. The highest BCUT2D eigenvalue weighted by atomic mass is 16.5. The summed E-state index contributed by atoms with van der Waals surface area (Å²) in [5.41, 5.74) is 1.52. The van der Waals surface area contributed by atoms with E-state index in [4.69, 9.17) is 4.74 Å². The highest BCUT2D eigenvalue weighted by molar-refractivity contribution is 5.35. The van der Waals surface area contributed by atoms with Crippen molar-refractivity contribution in [1.29, 1.82) is 0 Å². The Morgan fingerprint density at radius 1 is 1.25 bits per heavy atom. The van der Waals surface area contributed by atoms with Crippen LogP contribution >= 0.6 is 0 Å². The normalized spacial score (nSPS) is 13.6. The lowest BCUT2D eigenvalue weighted by Gasteiger charge is -2.23. The number of rotatable bonds is 4. The van der Waals surface area contributed by atoms with E-state index in [1.807, 2.05) is 18.2 Å². The van der Waals surface area contributed by atoms with Crippen molar-refractivity contribution < 1.29 is 4.74 Å². The largest absolute Gasteiger partial charge is 0.496 e. The summed E-state index contributed by atoms with van der Waals surface area (Å²) >= 11 is 0. The minimum atomic E-state index is 0.302. The Labute approximate surface area is 99.0 Å². The van der Waals surface area contributed by atoms with Crippen LogP contribution in [0.4, 0.5) is 0 Å². The topological polar surface area (TPSA) is 21.3 Å². The van der Waals surface area contributed by atoms with E-state index in [0.29, 0.717) is 11.5 Å². The molecule has 1 atom stereocenters. The second-order valence-electron chi connectivity index (χ2n) is 5.41. The molecule has 2 heteroatoms. The zero-order chi connectivity index (χ0) is 12.2. The van der Waals surface area contributed by atoms with Crippen LogP contribution in [-0.2, 0) is 0 Å². The average molecular weight is 221 g/mol. The van der Waals surface area contributed by atoms with E-state index in [1.165, 1.54) is 5.56 Å². The maximum Gasteiger partial charge on any atom is 0.123 e. The molecule has 0 aliphatic carbocycles. The molecule has 1 N–H and O–H groups in total. The van der Waals surface area contributed by atoms with E-state index in [1.54, 1.807) is 7.11 Å². The van der Waals surface area contributed by atoms with Gasteiger partial charge in [-0.25, -0.2) is 0 Å². The van der Waals surface area contributed by atoms with Crippen molar-refractivity contribution >= 4 is 0 Å². The Hall–Kier alpha value is -1.02. The summed E-state index contributed by atoms with van der Waals surface area (Å²) in [6.07, 6.45) is 0. The lowest BCUT2D eigenvalue weighted by molar-refractivity contribution is 0.351. The summed E-state index contributed by atoms with van der Waals surface area (Å²) in [5.74, 6) is 0.955. The third kappa shape index (κ3) is 3.86. The quantitative estimate of drug-likeness (QED) is 0.841. The van der Waals surface area contributed by atoms with Crippen molar-refractivity contribution in [1.82, 2.24) is 5.32 Å². The van der Waals surface area contributed by atoms with Crippen LogP contribution in [0.25, 0.3) is 0 Å². The summed E-state index contributed by atoms with van der Waals surface area (Å²) in [7, 11) is 1.72. The zero-order valence-electron chi connectivity index (χ0n) is 11.0. The van der Waals surface area contributed by atoms with Crippen LogP contribution in [0, 0.1) is 5.41 Å². The van der Waals surface area contributed by atoms with Gasteiger partial charge in [0.1, 0.15) is 5.75 Å². The third-order valence-electron chi connectivity index (χ3n) is 2.54. The van der Waals surface area contributed by atoms with Gasteiger partial charge in [0, 0.05) is 18.2 Å². The first-order chi connectivity index (χ1) is 7.44. The van der Waals surface area contributed by atoms with Crippen molar-refractivity contribution in [2.45, 2.75) is 33.7 Å². The smallest absolute Gasteiger partial charge is 0.123 e. The van der Waals surface area contributed by atoms with Gasteiger partial charge in [-0.1, -0.05) is 39.0 Å². The van der Waals surface area contributed by atoms with Gasteiger partial charge in [-0.05, 0) is 18.4 Å². The van der Waals surface area contributed by atoms with Gasteiger partial charge in [0.05, 0.1) is 7.11 Å². The molecular formula is C14H23NO. The van der Waals surface area contributed by atoms with Gasteiger partial charge in [0.25, 0.3) is 0 Å². The van der Waals surface area contributed by atoms with Crippen molar-refractivity contribution in [3.8, 4) is 5.75 Å². The molecule has 90 valence electrons. The SMILES string of the molecule is COc1ccccc1[C@@H](C)NCC(C)(C)C. The number of benzene rings is 1. The van der Waals surface area contributed by atoms with Gasteiger partial charge in [-0.3, -0.25) is 0 Å². The second kappa shape index (κ2) is 5.35. The summed E-state index contributed by atoms with van der Waals surface area (Å²) < 4.78 is 5.36. The molecule has 0 radical (unpaired) electrons. The van der Waals surface area contributed by atoms with E-state index >= 15 is 0 Å². The average Bonchev–Trinajstić information content (AvgIpc) is 2.25. The molecule has 0 unspecified atom stereocenters. The minimum Gasteiger partial charge on any atom is -0.496 e. The molecule has 1 aromatic rings. The number of hydrogen-bond donors (Lipinski definition) is 1. The minimum absolute atomic E-state index is 0.302. The fourth-order valence-electron chi connectivity index (χ4n) is 1.59. The molecule has 0 heterocycles. The van der Waals surface area contributed by atoms with Gasteiger partial charge in [0.15, 0.2) is 0 Å². The predicted molar refractivity (Wildman–Crippen MR) is 68.9 cm³/mol. The summed E-state index contributed by atoms with van der Waals surface area (Å²) in [5, 5.41) is 3.53. The molecule has 2 nitrogen and oxygen atoms in total. The van der Waals surface area contributed by atoms with E-state index in [9.17, 15) is 0 Å². The zero-order valence-corrected chi connectivity index (χ0v) is 11.0. The van der Waals surface area contributed by atoms with Crippen molar-refractivity contribution in [3.63, 3.8) is 0 Å². The first-order valence-corrected chi connectivity index (χ1v) is 5.80. The lowest BCUT2D eigenvalue weighted by atomic mass is 9.96. The number of methoxy groups -OCH3 is 1. The van der Waals surface area contributed by atoms with Gasteiger partial charge >= 0.3 is 0 Å². The van der Waals surface area contributed by atoms with Gasteiger partial charge in [-0.15, -0.1) is 0 Å². The Bertz CT molecular complexity index is 328. The maximum absolute atomic E-state index is 5.36. The van der Waals surface area contributed by atoms with Gasteiger partial charge in [-0.2, -0.15) is 0 Å². The molecule has 0 bridgehead atoms. The molecular weight excluding hydrogens is 198 g/mol. The number of nitrogens with one attached hydrogen (secondary N) is 1. The molecule has 0 amide bonds. The van der Waals surface area contributed by atoms with E-state index in [2.05, 4.69) is 39.1 Å². The van der Waals surface area contributed by atoms with Crippen LogP contribution in [0.1, 0.15) is 39.3 Å². The highest BCUT2D eigenvalue weighted by Gasteiger charge is 2.14.